The van der Waals surface area contributed by atoms with Crippen LogP contribution in [0.4, 0.5) is 0 Å². The summed E-state index contributed by atoms with van der Waals surface area (Å²) in [5.74, 6) is 0.646. The second-order valence-corrected chi connectivity index (χ2v) is 10.9. The van der Waals surface area contributed by atoms with Crippen LogP contribution in [0.5, 0.6) is 0 Å². The SMILES string of the molecule is Cc1nc(-n2c3ccccc3c3cc4c5ccccc5n5c6cc7ccccc7cc6c(c32)c45)nc2ncccc12. The van der Waals surface area contributed by atoms with Crippen molar-refractivity contribution in [1.29, 1.82) is 0 Å². The summed E-state index contributed by atoms with van der Waals surface area (Å²) in [7, 11) is 0. The van der Waals surface area contributed by atoms with Gasteiger partial charge in [0.15, 0.2) is 5.65 Å². The Bertz CT molecular complexity index is 2710. The first-order valence-electron chi connectivity index (χ1n) is 13.9. The summed E-state index contributed by atoms with van der Waals surface area (Å²) in [5.41, 5.74) is 7.53. The fraction of sp³-hybridized carbons (Fsp3) is 0.0278. The lowest BCUT2D eigenvalue weighted by molar-refractivity contribution is 0.983. The Balaban J connectivity index is 1.53. The van der Waals surface area contributed by atoms with Crippen molar-refractivity contribution >= 4 is 81.7 Å². The molecule has 0 bridgehead atoms. The van der Waals surface area contributed by atoms with Crippen molar-refractivity contribution < 1.29 is 0 Å². The van der Waals surface area contributed by atoms with Gasteiger partial charge >= 0.3 is 0 Å². The van der Waals surface area contributed by atoms with Gasteiger partial charge in [-0.05, 0) is 60.2 Å². The highest BCUT2D eigenvalue weighted by atomic mass is 15.2. The highest BCUT2D eigenvalue weighted by Crippen LogP contribution is 2.46. The van der Waals surface area contributed by atoms with Gasteiger partial charge in [0.25, 0.3) is 0 Å². The van der Waals surface area contributed by atoms with E-state index < -0.39 is 0 Å². The van der Waals surface area contributed by atoms with Crippen LogP contribution in [0.3, 0.4) is 0 Å². The molecular formula is C36H21N5. The number of para-hydroxylation sites is 2. The van der Waals surface area contributed by atoms with Gasteiger partial charge in [0.1, 0.15) is 0 Å². The summed E-state index contributed by atoms with van der Waals surface area (Å²) in [6.07, 6.45) is 1.80. The smallest absolute Gasteiger partial charge is 0.236 e. The fourth-order valence-corrected chi connectivity index (χ4v) is 7.10. The molecule has 0 saturated heterocycles. The molecule has 0 unspecified atom stereocenters. The topological polar surface area (TPSA) is 48.0 Å². The molecule has 0 atom stereocenters. The van der Waals surface area contributed by atoms with E-state index >= 15 is 0 Å². The molecular weight excluding hydrogens is 502 g/mol. The molecule has 0 amide bonds. The predicted molar refractivity (Wildman–Crippen MR) is 169 cm³/mol. The monoisotopic (exact) mass is 523 g/mol. The van der Waals surface area contributed by atoms with E-state index in [1.807, 2.05) is 19.1 Å². The first kappa shape index (κ1) is 21.3. The molecule has 0 spiro atoms. The third kappa shape index (κ3) is 2.59. The summed E-state index contributed by atoms with van der Waals surface area (Å²) in [6.45, 7) is 2.04. The van der Waals surface area contributed by atoms with Crippen LogP contribution in [0.1, 0.15) is 5.69 Å². The maximum atomic E-state index is 5.07. The summed E-state index contributed by atoms with van der Waals surface area (Å²) in [6, 6.07) is 37.1. The normalized spacial score (nSPS) is 12.5. The molecule has 5 aromatic carbocycles. The van der Waals surface area contributed by atoms with E-state index in [9.17, 15) is 0 Å². The molecule has 5 heteroatoms. The molecule has 5 nitrogen and oxygen atoms in total. The van der Waals surface area contributed by atoms with Crippen molar-refractivity contribution in [3.63, 3.8) is 0 Å². The molecule has 0 fully saturated rings. The Morgan fingerprint density at radius 1 is 0.537 bits per heavy atom. The molecule has 0 aliphatic carbocycles. The molecule has 0 N–H and O–H groups in total. The van der Waals surface area contributed by atoms with Gasteiger partial charge in [-0.2, -0.15) is 4.98 Å². The lowest BCUT2D eigenvalue weighted by Gasteiger charge is -2.10. The number of hydrogen-bond donors (Lipinski definition) is 0. The minimum absolute atomic E-state index is 0.646. The van der Waals surface area contributed by atoms with Crippen molar-refractivity contribution in [2.45, 2.75) is 6.92 Å². The molecule has 190 valence electrons. The zero-order valence-electron chi connectivity index (χ0n) is 22.1. The molecule has 5 aromatic heterocycles. The molecule has 10 rings (SSSR count). The van der Waals surface area contributed by atoms with E-state index in [1.54, 1.807) is 6.20 Å². The zero-order valence-corrected chi connectivity index (χ0v) is 22.1. The number of fused-ring (bicyclic) bond motifs is 12. The van der Waals surface area contributed by atoms with Gasteiger partial charge in [-0.25, -0.2) is 9.97 Å². The van der Waals surface area contributed by atoms with Crippen molar-refractivity contribution in [2.75, 3.05) is 0 Å². The molecule has 5 heterocycles. The van der Waals surface area contributed by atoms with Gasteiger partial charge in [-0.3, -0.25) is 4.57 Å². The number of hydrogen-bond acceptors (Lipinski definition) is 3. The maximum Gasteiger partial charge on any atom is 0.236 e. The van der Waals surface area contributed by atoms with Crippen molar-refractivity contribution in [2.24, 2.45) is 0 Å². The van der Waals surface area contributed by atoms with Crippen LogP contribution in [-0.2, 0) is 0 Å². The van der Waals surface area contributed by atoms with Crippen LogP contribution in [-0.4, -0.2) is 23.9 Å². The largest absolute Gasteiger partial charge is 0.308 e. The van der Waals surface area contributed by atoms with Gasteiger partial charge < -0.3 is 4.40 Å². The molecule has 0 aliphatic heterocycles. The number of aryl methyl sites for hydroxylation is 1. The van der Waals surface area contributed by atoms with Crippen LogP contribution < -0.4 is 0 Å². The number of nitrogens with zero attached hydrogens (tertiary/aromatic N) is 5. The second kappa shape index (κ2) is 7.34. The fourth-order valence-electron chi connectivity index (χ4n) is 7.10. The molecule has 41 heavy (non-hydrogen) atoms. The Morgan fingerprint density at radius 2 is 1.22 bits per heavy atom. The maximum absolute atomic E-state index is 5.07. The third-order valence-electron chi connectivity index (χ3n) is 8.81. The van der Waals surface area contributed by atoms with Gasteiger partial charge in [-0.1, -0.05) is 60.7 Å². The van der Waals surface area contributed by atoms with E-state index in [-0.39, 0.29) is 0 Å². The first-order valence-corrected chi connectivity index (χ1v) is 13.9. The Kier molecular flexibility index (Phi) is 3.81. The number of aromatic nitrogens is 5. The van der Waals surface area contributed by atoms with Gasteiger partial charge in [0.05, 0.1) is 33.3 Å². The van der Waals surface area contributed by atoms with Crippen molar-refractivity contribution in [3.8, 4) is 5.95 Å². The van der Waals surface area contributed by atoms with E-state index in [0.717, 1.165) is 22.1 Å². The standard InChI is InChI=1S/C36H21N5/c1-20-23-13-8-16-37-35(23)39-36(38-20)41-30-15-7-5-12-25(30)27-19-26-24-11-4-6-14-29(24)40-31-18-22-10-3-2-9-21(22)17-28(31)32(33(26)40)34(27)41/h2-19H,1H3. The van der Waals surface area contributed by atoms with Crippen LogP contribution in [0.2, 0.25) is 0 Å². The summed E-state index contributed by atoms with van der Waals surface area (Å²) >= 11 is 0. The second-order valence-electron chi connectivity index (χ2n) is 10.9. The van der Waals surface area contributed by atoms with E-state index in [0.29, 0.717) is 11.6 Å². The molecule has 0 aliphatic rings. The average Bonchev–Trinajstić information content (AvgIpc) is 3.64. The average molecular weight is 524 g/mol. The van der Waals surface area contributed by atoms with Crippen LogP contribution in [0, 0.1) is 6.92 Å². The minimum Gasteiger partial charge on any atom is -0.308 e. The molecule has 0 radical (unpaired) electrons. The lowest BCUT2D eigenvalue weighted by atomic mass is 10.0. The Labute approximate surface area is 233 Å². The van der Waals surface area contributed by atoms with Gasteiger partial charge in [0.2, 0.25) is 5.95 Å². The van der Waals surface area contributed by atoms with Crippen molar-refractivity contribution in [1.82, 2.24) is 23.9 Å². The highest BCUT2D eigenvalue weighted by molar-refractivity contribution is 6.34. The van der Waals surface area contributed by atoms with Crippen LogP contribution in [0.15, 0.2) is 109 Å². The number of pyridine rings is 1. The molecule has 0 saturated carbocycles. The summed E-state index contributed by atoms with van der Waals surface area (Å²) in [5, 5.41) is 10.8. The molecule has 10 aromatic rings. The van der Waals surface area contributed by atoms with Gasteiger partial charge in [0, 0.05) is 43.9 Å². The summed E-state index contributed by atoms with van der Waals surface area (Å²) < 4.78 is 4.71. The Morgan fingerprint density at radius 3 is 2.07 bits per heavy atom. The highest BCUT2D eigenvalue weighted by Gasteiger charge is 2.25. The van der Waals surface area contributed by atoms with E-state index in [2.05, 4.69) is 105 Å². The number of rotatable bonds is 1. The number of benzene rings is 5. The quantitative estimate of drug-likeness (QED) is 0.216. The van der Waals surface area contributed by atoms with E-state index in [4.69, 9.17) is 9.97 Å². The van der Waals surface area contributed by atoms with Crippen LogP contribution in [0.25, 0.3) is 87.7 Å². The Hall–Kier alpha value is -5.55. The van der Waals surface area contributed by atoms with Crippen molar-refractivity contribution in [3.05, 3.63) is 115 Å². The lowest BCUT2D eigenvalue weighted by Crippen LogP contribution is -2.04. The predicted octanol–water partition coefficient (Wildman–Crippen LogP) is 8.73. The summed E-state index contributed by atoms with van der Waals surface area (Å²) in [4.78, 5) is 14.7. The minimum atomic E-state index is 0.646. The first-order chi connectivity index (χ1) is 20.3. The zero-order chi connectivity index (χ0) is 26.8. The third-order valence-corrected chi connectivity index (χ3v) is 8.81. The van der Waals surface area contributed by atoms with E-state index in [1.165, 1.54) is 59.6 Å². The van der Waals surface area contributed by atoms with Crippen LogP contribution >= 0.6 is 0 Å². The van der Waals surface area contributed by atoms with Gasteiger partial charge in [-0.15, -0.1) is 0 Å².